The average molecular weight is 370 g/mol. The number of nitrogens with zero attached hydrogens (tertiary/aromatic N) is 2. The van der Waals surface area contributed by atoms with E-state index in [9.17, 15) is 0 Å². The molecule has 0 amide bonds. The second-order valence-electron chi connectivity index (χ2n) is 5.11. The normalized spacial score (nSPS) is 11.7. The number of aliphatic imine (C=N–C) groups is 1. The van der Waals surface area contributed by atoms with Crippen molar-refractivity contribution in [3.05, 3.63) is 94.2 Å². The van der Waals surface area contributed by atoms with Gasteiger partial charge in [0.1, 0.15) is 0 Å². The first-order chi connectivity index (χ1) is 12.2. The van der Waals surface area contributed by atoms with Gasteiger partial charge in [-0.3, -0.25) is 5.43 Å². The Labute approximate surface area is 155 Å². The van der Waals surface area contributed by atoms with E-state index in [1.54, 1.807) is 24.4 Å². The monoisotopic (exact) mass is 369 g/mol. The Kier molecular flexibility index (Phi) is 5.77. The van der Waals surface area contributed by atoms with Crippen LogP contribution in [-0.4, -0.2) is 12.1 Å². The van der Waals surface area contributed by atoms with Gasteiger partial charge in [-0.05, 0) is 30.3 Å². The number of aromatic nitrogens is 1. The van der Waals surface area contributed by atoms with Crippen molar-refractivity contribution in [2.45, 2.75) is 0 Å². The van der Waals surface area contributed by atoms with Crippen LogP contribution in [-0.2, 0) is 0 Å². The molecule has 0 radical (unpaired) electrons. The van der Waals surface area contributed by atoms with Crippen molar-refractivity contribution in [3.8, 4) is 0 Å². The van der Waals surface area contributed by atoms with Gasteiger partial charge in [-0.1, -0.05) is 47.5 Å². The number of nitrogens with one attached hydrogen (secondary N) is 2. The summed E-state index contributed by atoms with van der Waals surface area (Å²) in [6, 6.07) is 20.6. The highest BCUT2D eigenvalue weighted by Gasteiger charge is 2.09. The molecule has 0 aliphatic carbocycles. The summed E-state index contributed by atoms with van der Waals surface area (Å²) in [7, 11) is 0. The molecule has 3 aromatic rings. The number of halogens is 2. The number of amidine groups is 1. The molecule has 4 nitrogen and oxygen atoms in total. The standard InChI is InChI=1S/C19H14Cl2N4/c20-15-10-9-14(17(21)12-15)13-23-25-19(18-8-4-5-11-22-18)24-16-6-2-1-3-7-16/h1-13H,(H,24,25)/p+1/b23-13-. The van der Waals surface area contributed by atoms with Crippen molar-refractivity contribution in [1.82, 2.24) is 5.43 Å². The first kappa shape index (κ1) is 17.1. The Hall–Kier alpha value is -2.69. The van der Waals surface area contributed by atoms with Gasteiger partial charge in [0.15, 0.2) is 6.20 Å². The van der Waals surface area contributed by atoms with Crippen LogP contribution in [0.5, 0.6) is 0 Å². The van der Waals surface area contributed by atoms with Crippen molar-refractivity contribution >= 4 is 40.9 Å². The van der Waals surface area contributed by atoms with Gasteiger partial charge in [-0.15, -0.1) is 0 Å². The summed E-state index contributed by atoms with van der Waals surface area (Å²) in [5, 5.41) is 5.37. The molecule has 6 heteroatoms. The molecule has 0 unspecified atom stereocenters. The predicted octanol–water partition coefficient (Wildman–Crippen LogP) is 4.51. The van der Waals surface area contributed by atoms with Crippen molar-refractivity contribution in [2.24, 2.45) is 10.1 Å². The zero-order chi connectivity index (χ0) is 17.5. The lowest BCUT2D eigenvalue weighted by Gasteiger charge is -2.02. The van der Waals surface area contributed by atoms with Crippen LogP contribution in [0.4, 0.5) is 5.69 Å². The molecule has 3 rings (SSSR count). The van der Waals surface area contributed by atoms with Crippen LogP contribution in [0.3, 0.4) is 0 Å². The third kappa shape index (κ3) is 4.89. The van der Waals surface area contributed by atoms with E-state index in [0.29, 0.717) is 15.9 Å². The highest BCUT2D eigenvalue weighted by atomic mass is 35.5. The van der Waals surface area contributed by atoms with E-state index in [1.165, 1.54) is 0 Å². The smallest absolute Gasteiger partial charge is 0.248 e. The van der Waals surface area contributed by atoms with Gasteiger partial charge in [0.25, 0.3) is 0 Å². The van der Waals surface area contributed by atoms with Crippen LogP contribution in [0.2, 0.25) is 10.0 Å². The number of hydrazone groups is 1. The first-order valence-electron chi connectivity index (χ1n) is 7.57. The zero-order valence-electron chi connectivity index (χ0n) is 13.2. The van der Waals surface area contributed by atoms with Gasteiger partial charge in [0, 0.05) is 22.7 Å². The minimum Gasteiger partial charge on any atom is -0.256 e. The number of pyridine rings is 1. The lowest BCUT2D eigenvalue weighted by atomic mass is 10.2. The molecule has 0 aliphatic heterocycles. The summed E-state index contributed by atoms with van der Waals surface area (Å²) in [5.41, 5.74) is 5.36. The summed E-state index contributed by atoms with van der Waals surface area (Å²) in [6.07, 6.45) is 3.46. The van der Waals surface area contributed by atoms with Crippen molar-refractivity contribution < 1.29 is 4.98 Å². The van der Waals surface area contributed by atoms with Crippen LogP contribution in [0.25, 0.3) is 0 Å². The van der Waals surface area contributed by atoms with E-state index in [4.69, 9.17) is 23.2 Å². The number of benzene rings is 2. The molecule has 124 valence electrons. The zero-order valence-corrected chi connectivity index (χ0v) is 14.7. The van der Waals surface area contributed by atoms with Crippen LogP contribution in [0, 0.1) is 0 Å². The fourth-order valence-corrected chi connectivity index (χ4v) is 2.54. The molecule has 2 aromatic carbocycles. The van der Waals surface area contributed by atoms with Crippen LogP contribution < -0.4 is 10.4 Å². The molecule has 2 N–H and O–H groups in total. The lowest BCUT2D eigenvalue weighted by molar-refractivity contribution is -0.380. The summed E-state index contributed by atoms with van der Waals surface area (Å²) in [4.78, 5) is 7.75. The summed E-state index contributed by atoms with van der Waals surface area (Å²) in [5.74, 6) is 0.591. The molecular formula is C19H15Cl2N4+. The molecule has 0 atom stereocenters. The van der Waals surface area contributed by atoms with Crippen molar-refractivity contribution in [2.75, 3.05) is 0 Å². The summed E-state index contributed by atoms with van der Waals surface area (Å²) < 4.78 is 0. The van der Waals surface area contributed by atoms with Gasteiger partial charge in [0.05, 0.1) is 16.9 Å². The lowest BCUT2D eigenvalue weighted by Crippen LogP contribution is -2.26. The third-order valence-electron chi connectivity index (χ3n) is 3.30. The number of aromatic amines is 1. The van der Waals surface area contributed by atoms with Crippen LogP contribution in [0.1, 0.15) is 11.3 Å². The number of rotatable bonds is 4. The highest BCUT2D eigenvalue weighted by Crippen LogP contribution is 2.19. The fourth-order valence-electron chi connectivity index (χ4n) is 2.09. The Morgan fingerprint density at radius 2 is 1.76 bits per heavy atom. The highest BCUT2D eigenvalue weighted by molar-refractivity contribution is 6.36. The molecule has 0 bridgehead atoms. The van der Waals surface area contributed by atoms with Gasteiger partial charge >= 0.3 is 0 Å². The number of para-hydroxylation sites is 1. The quantitative estimate of drug-likeness (QED) is 0.410. The Balaban J connectivity index is 1.85. The van der Waals surface area contributed by atoms with Gasteiger partial charge < -0.3 is 0 Å². The number of H-pyrrole nitrogens is 1. The molecule has 25 heavy (non-hydrogen) atoms. The average Bonchev–Trinajstić information content (AvgIpc) is 2.64. The van der Waals surface area contributed by atoms with E-state index in [1.807, 2.05) is 54.7 Å². The number of hydrogen-bond donors (Lipinski definition) is 1. The van der Waals surface area contributed by atoms with Gasteiger partial charge in [-0.25, -0.2) is 9.98 Å². The summed E-state index contributed by atoms with van der Waals surface area (Å²) >= 11 is 12.1. The number of hydrogen-bond acceptors (Lipinski definition) is 2. The Bertz CT molecular complexity index is 894. The minimum absolute atomic E-state index is 0.533. The molecule has 1 heterocycles. The van der Waals surface area contributed by atoms with Gasteiger partial charge in [0.2, 0.25) is 11.5 Å². The Morgan fingerprint density at radius 1 is 0.960 bits per heavy atom. The van der Waals surface area contributed by atoms with Crippen molar-refractivity contribution in [1.29, 1.82) is 0 Å². The second kappa shape index (κ2) is 8.42. The van der Waals surface area contributed by atoms with Crippen LogP contribution >= 0.6 is 23.2 Å². The SMILES string of the molecule is Clc1ccc(/C=N\NC(=Nc2ccccc2)c2cccc[nH+]2)c(Cl)c1. The molecule has 0 saturated heterocycles. The molecule has 0 saturated carbocycles. The maximum atomic E-state index is 6.15. The van der Waals surface area contributed by atoms with E-state index >= 15 is 0 Å². The maximum absolute atomic E-state index is 6.15. The third-order valence-corrected chi connectivity index (χ3v) is 3.86. The van der Waals surface area contributed by atoms with E-state index < -0.39 is 0 Å². The predicted molar refractivity (Wildman–Crippen MR) is 103 cm³/mol. The van der Waals surface area contributed by atoms with Crippen LogP contribution in [0.15, 0.2) is 83.0 Å². The molecule has 0 aliphatic rings. The largest absolute Gasteiger partial charge is 0.256 e. The van der Waals surface area contributed by atoms with Crippen molar-refractivity contribution in [3.63, 3.8) is 0 Å². The molecule has 0 fully saturated rings. The summed E-state index contributed by atoms with van der Waals surface area (Å²) in [6.45, 7) is 0. The molecular weight excluding hydrogens is 355 g/mol. The first-order valence-corrected chi connectivity index (χ1v) is 8.33. The second-order valence-corrected chi connectivity index (χ2v) is 5.95. The molecule has 0 spiro atoms. The molecule has 1 aromatic heterocycles. The maximum Gasteiger partial charge on any atom is 0.248 e. The fraction of sp³-hybridized carbons (Fsp3) is 0. The van der Waals surface area contributed by atoms with E-state index in [2.05, 4.69) is 20.5 Å². The van der Waals surface area contributed by atoms with E-state index in [-0.39, 0.29) is 0 Å². The van der Waals surface area contributed by atoms with E-state index in [0.717, 1.165) is 16.9 Å². The van der Waals surface area contributed by atoms with Gasteiger partial charge in [-0.2, -0.15) is 5.10 Å². The minimum atomic E-state index is 0.533. The Morgan fingerprint density at radius 3 is 2.48 bits per heavy atom. The topological polar surface area (TPSA) is 50.9 Å².